The first-order valence-electron chi connectivity index (χ1n) is 4.72. The van der Waals surface area contributed by atoms with E-state index in [2.05, 4.69) is 4.90 Å². The molecule has 4 nitrogen and oxygen atoms in total. The lowest BCUT2D eigenvalue weighted by atomic mass is 10.2. The molecule has 0 radical (unpaired) electrons. The lowest BCUT2D eigenvalue weighted by Crippen LogP contribution is -2.24. The molecule has 1 atom stereocenters. The SMILES string of the molecule is CC(O)CCN(C)CCCC(=N)N. The molecule has 0 aromatic rings. The minimum absolute atomic E-state index is 0.227. The van der Waals surface area contributed by atoms with Gasteiger partial charge in [0, 0.05) is 13.0 Å². The van der Waals surface area contributed by atoms with E-state index in [1.165, 1.54) is 0 Å². The van der Waals surface area contributed by atoms with E-state index in [-0.39, 0.29) is 11.9 Å². The Bertz CT molecular complexity index is 148. The van der Waals surface area contributed by atoms with Crippen molar-refractivity contribution in [2.45, 2.75) is 32.3 Å². The Labute approximate surface area is 80.2 Å². The number of nitrogens with one attached hydrogen (secondary N) is 1. The fourth-order valence-corrected chi connectivity index (χ4v) is 1.06. The van der Waals surface area contributed by atoms with Gasteiger partial charge in [0.25, 0.3) is 0 Å². The van der Waals surface area contributed by atoms with E-state index in [1.54, 1.807) is 6.92 Å². The van der Waals surface area contributed by atoms with E-state index >= 15 is 0 Å². The molecule has 78 valence electrons. The fourth-order valence-electron chi connectivity index (χ4n) is 1.06. The topological polar surface area (TPSA) is 73.3 Å². The number of nitrogens with zero attached hydrogens (tertiary/aromatic N) is 1. The van der Waals surface area contributed by atoms with Crippen molar-refractivity contribution in [1.29, 1.82) is 5.41 Å². The van der Waals surface area contributed by atoms with Crippen LogP contribution in [0.25, 0.3) is 0 Å². The third kappa shape index (κ3) is 9.30. The maximum absolute atomic E-state index is 9.03. The van der Waals surface area contributed by atoms with Gasteiger partial charge in [-0.05, 0) is 33.4 Å². The van der Waals surface area contributed by atoms with Crippen molar-refractivity contribution in [1.82, 2.24) is 4.90 Å². The highest BCUT2D eigenvalue weighted by molar-refractivity contribution is 5.76. The highest BCUT2D eigenvalue weighted by Crippen LogP contribution is 1.96. The highest BCUT2D eigenvalue weighted by atomic mass is 16.3. The van der Waals surface area contributed by atoms with Crippen LogP contribution in [0.4, 0.5) is 0 Å². The number of aliphatic hydroxyl groups excluding tert-OH is 1. The van der Waals surface area contributed by atoms with Crippen LogP contribution < -0.4 is 5.73 Å². The zero-order valence-electron chi connectivity index (χ0n) is 8.58. The third-order valence-corrected chi connectivity index (χ3v) is 1.91. The normalized spacial score (nSPS) is 13.2. The Balaban J connectivity index is 3.29. The maximum Gasteiger partial charge on any atom is 0.0905 e. The summed E-state index contributed by atoms with van der Waals surface area (Å²) in [5, 5.41) is 16.1. The van der Waals surface area contributed by atoms with Crippen molar-refractivity contribution in [3.63, 3.8) is 0 Å². The molecule has 0 amide bonds. The van der Waals surface area contributed by atoms with Crippen LogP contribution in [-0.4, -0.2) is 42.1 Å². The molecule has 0 aliphatic carbocycles. The molecular weight excluding hydrogens is 166 g/mol. The lowest BCUT2D eigenvalue weighted by Gasteiger charge is -2.16. The minimum Gasteiger partial charge on any atom is -0.393 e. The second-order valence-corrected chi connectivity index (χ2v) is 3.57. The Morgan fingerprint density at radius 3 is 2.62 bits per heavy atom. The number of aliphatic hydroxyl groups is 1. The molecule has 0 aromatic heterocycles. The molecule has 0 bridgehead atoms. The van der Waals surface area contributed by atoms with Gasteiger partial charge < -0.3 is 15.7 Å². The van der Waals surface area contributed by atoms with Gasteiger partial charge in [0.15, 0.2) is 0 Å². The molecule has 0 saturated heterocycles. The van der Waals surface area contributed by atoms with E-state index in [9.17, 15) is 0 Å². The second kappa shape index (κ2) is 6.86. The molecule has 0 aromatic carbocycles. The molecule has 0 aliphatic heterocycles. The number of amidine groups is 1. The van der Waals surface area contributed by atoms with Crippen LogP contribution in [-0.2, 0) is 0 Å². The minimum atomic E-state index is -0.227. The molecule has 0 fully saturated rings. The van der Waals surface area contributed by atoms with Crippen LogP contribution >= 0.6 is 0 Å². The summed E-state index contributed by atoms with van der Waals surface area (Å²) in [6.07, 6.45) is 2.16. The standard InChI is InChI=1S/C9H21N3O/c1-8(13)5-7-12(2)6-3-4-9(10)11/h8,13H,3-7H2,1-2H3,(H3,10,11). The van der Waals surface area contributed by atoms with E-state index < -0.39 is 0 Å². The van der Waals surface area contributed by atoms with Gasteiger partial charge in [-0.15, -0.1) is 0 Å². The molecule has 1 unspecified atom stereocenters. The first-order chi connectivity index (χ1) is 6.02. The molecule has 13 heavy (non-hydrogen) atoms. The van der Waals surface area contributed by atoms with E-state index in [1.807, 2.05) is 7.05 Å². The van der Waals surface area contributed by atoms with Gasteiger partial charge in [-0.25, -0.2) is 0 Å². The number of hydrogen-bond acceptors (Lipinski definition) is 3. The first-order valence-corrected chi connectivity index (χ1v) is 4.72. The highest BCUT2D eigenvalue weighted by Gasteiger charge is 2.01. The van der Waals surface area contributed by atoms with Crippen LogP contribution in [0.2, 0.25) is 0 Å². The molecule has 0 saturated carbocycles. The third-order valence-electron chi connectivity index (χ3n) is 1.91. The monoisotopic (exact) mass is 187 g/mol. The second-order valence-electron chi connectivity index (χ2n) is 3.57. The average Bonchev–Trinajstić information content (AvgIpc) is 2.00. The predicted molar refractivity (Wildman–Crippen MR) is 54.9 cm³/mol. The van der Waals surface area contributed by atoms with Gasteiger partial charge in [0.1, 0.15) is 0 Å². The molecule has 0 aliphatic rings. The van der Waals surface area contributed by atoms with Crippen LogP contribution in [0.15, 0.2) is 0 Å². The maximum atomic E-state index is 9.03. The summed E-state index contributed by atoms with van der Waals surface area (Å²) in [5.74, 6) is 0.254. The summed E-state index contributed by atoms with van der Waals surface area (Å²) < 4.78 is 0. The zero-order valence-corrected chi connectivity index (χ0v) is 8.58. The van der Waals surface area contributed by atoms with Crippen molar-refractivity contribution in [3.8, 4) is 0 Å². The van der Waals surface area contributed by atoms with Crippen molar-refractivity contribution >= 4 is 5.84 Å². The number of rotatable bonds is 7. The Kier molecular flexibility index (Phi) is 6.54. The Hall–Kier alpha value is -0.610. The quantitative estimate of drug-likeness (QED) is 0.399. The molecular formula is C9H21N3O. The molecule has 0 spiro atoms. The van der Waals surface area contributed by atoms with Gasteiger partial charge in [-0.3, -0.25) is 5.41 Å². The van der Waals surface area contributed by atoms with Crippen molar-refractivity contribution in [2.24, 2.45) is 5.73 Å². The summed E-state index contributed by atoms with van der Waals surface area (Å²) in [5.41, 5.74) is 5.23. The van der Waals surface area contributed by atoms with Crippen LogP contribution in [0.3, 0.4) is 0 Å². The van der Waals surface area contributed by atoms with Gasteiger partial charge in [-0.1, -0.05) is 0 Å². The Morgan fingerprint density at radius 2 is 2.15 bits per heavy atom. The van der Waals surface area contributed by atoms with E-state index in [0.717, 1.165) is 25.9 Å². The van der Waals surface area contributed by atoms with Crippen LogP contribution in [0.5, 0.6) is 0 Å². The van der Waals surface area contributed by atoms with Crippen LogP contribution in [0, 0.1) is 5.41 Å². The molecule has 0 rings (SSSR count). The smallest absolute Gasteiger partial charge is 0.0905 e. The van der Waals surface area contributed by atoms with Gasteiger partial charge in [-0.2, -0.15) is 0 Å². The largest absolute Gasteiger partial charge is 0.393 e. The summed E-state index contributed by atoms with van der Waals surface area (Å²) in [6, 6.07) is 0. The Morgan fingerprint density at radius 1 is 1.54 bits per heavy atom. The lowest BCUT2D eigenvalue weighted by molar-refractivity contribution is 0.164. The average molecular weight is 187 g/mol. The van der Waals surface area contributed by atoms with E-state index in [0.29, 0.717) is 6.42 Å². The molecule has 4 heteroatoms. The van der Waals surface area contributed by atoms with Crippen molar-refractivity contribution in [3.05, 3.63) is 0 Å². The van der Waals surface area contributed by atoms with Gasteiger partial charge in [0.2, 0.25) is 0 Å². The molecule has 4 N–H and O–H groups in total. The summed E-state index contributed by atoms with van der Waals surface area (Å²) in [4.78, 5) is 2.15. The van der Waals surface area contributed by atoms with Crippen LogP contribution in [0.1, 0.15) is 26.2 Å². The van der Waals surface area contributed by atoms with E-state index in [4.69, 9.17) is 16.2 Å². The summed E-state index contributed by atoms with van der Waals surface area (Å²) in [7, 11) is 2.02. The fraction of sp³-hybridized carbons (Fsp3) is 0.889. The summed E-state index contributed by atoms with van der Waals surface area (Å²) >= 11 is 0. The predicted octanol–water partition coefficient (Wildman–Crippen LogP) is 0.405. The molecule has 0 heterocycles. The van der Waals surface area contributed by atoms with Gasteiger partial charge in [0.05, 0.1) is 11.9 Å². The van der Waals surface area contributed by atoms with Gasteiger partial charge >= 0.3 is 0 Å². The zero-order chi connectivity index (χ0) is 10.3. The first kappa shape index (κ1) is 12.4. The number of nitrogens with two attached hydrogens (primary N) is 1. The number of hydrogen-bond donors (Lipinski definition) is 3. The van der Waals surface area contributed by atoms with Crippen molar-refractivity contribution in [2.75, 3.05) is 20.1 Å². The van der Waals surface area contributed by atoms with Crippen molar-refractivity contribution < 1.29 is 5.11 Å². The summed E-state index contributed by atoms with van der Waals surface area (Å²) in [6.45, 7) is 3.63.